The van der Waals surface area contributed by atoms with E-state index in [0.717, 1.165) is 6.26 Å². The predicted molar refractivity (Wildman–Crippen MR) is 110 cm³/mol. The van der Waals surface area contributed by atoms with E-state index in [1.165, 1.54) is 36.4 Å². The maximum Gasteiger partial charge on any atom is 0.336 e. The largest absolute Gasteiger partial charge is 0.516 e. The van der Waals surface area contributed by atoms with Crippen LogP contribution in [0.4, 0.5) is 0 Å². The summed E-state index contributed by atoms with van der Waals surface area (Å²) in [5.41, 5.74) is 0.872. The van der Waals surface area contributed by atoms with Gasteiger partial charge < -0.3 is 14.6 Å². The lowest BCUT2D eigenvalue weighted by Gasteiger charge is -2.13. The van der Waals surface area contributed by atoms with Crippen molar-refractivity contribution >= 4 is 34.0 Å². The zero-order valence-electron chi connectivity index (χ0n) is 15.0. The van der Waals surface area contributed by atoms with Crippen LogP contribution in [0, 0.1) is 0 Å². The molecule has 29 heavy (non-hydrogen) atoms. The number of aliphatic hydroxyl groups is 1. The molecule has 0 saturated heterocycles. The van der Waals surface area contributed by atoms with Gasteiger partial charge in [0.05, 0.1) is 17.0 Å². The predicted octanol–water partition coefficient (Wildman–Crippen LogP) is 3.24. The van der Waals surface area contributed by atoms with Gasteiger partial charge in [-0.05, 0) is 48.0 Å². The monoisotopic (exact) mass is 386 g/mol. The molecule has 0 aliphatic rings. The highest BCUT2D eigenvalue weighted by molar-refractivity contribution is 6.11. The van der Waals surface area contributed by atoms with Crippen molar-refractivity contribution in [3.05, 3.63) is 98.2 Å². The van der Waals surface area contributed by atoms with E-state index in [0.29, 0.717) is 21.9 Å². The first-order valence-electron chi connectivity index (χ1n) is 8.68. The number of carboxylic acids is 1. The van der Waals surface area contributed by atoms with Crippen LogP contribution in [0.2, 0.25) is 0 Å². The van der Waals surface area contributed by atoms with Crippen LogP contribution in [0.1, 0.15) is 10.4 Å². The number of aromatic carboxylic acids is 1. The summed E-state index contributed by atoms with van der Waals surface area (Å²) < 4.78 is 5.90. The first-order chi connectivity index (χ1) is 14.0. The molecular weight excluding hydrogens is 372 g/mol. The number of carboxylic acid groups (broad SMARTS) is 1. The minimum atomic E-state index is -1.10. The second-order valence-corrected chi connectivity index (χ2v) is 6.35. The molecule has 2 N–H and O–H groups in total. The van der Waals surface area contributed by atoms with Gasteiger partial charge in [0.2, 0.25) is 0 Å². The lowest BCUT2D eigenvalue weighted by atomic mass is 9.93. The Morgan fingerprint density at radius 3 is 2.48 bits per heavy atom. The van der Waals surface area contributed by atoms with Crippen LogP contribution >= 0.6 is 0 Å². The van der Waals surface area contributed by atoms with E-state index in [1.54, 1.807) is 30.3 Å². The molecule has 0 fully saturated rings. The van der Waals surface area contributed by atoms with Crippen molar-refractivity contribution in [3.8, 4) is 11.1 Å². The number of fused-ring (bicyclic) bond motifs is 2. The number of allylic oxidation sites excluding steroid dienone is 1. The highest BCUT2D eigenvalue weighted by Gasteiger charge is 2.19. The van der Waals surface area contributed by atoms with Gasteiger partial charge in [-0.15, -0.1) is 0 Å². The number of hydrogen-bond donors (Lipinski definition) is 2. The average Bonchev–Trinajstić information content (AvgIpc) is 2.71. The number of rotatable bonds is 3. The Bertz CT molecular complexity index is 1480. The Morgan fingerprint density at radius 2 is 1.72 bits per heavy atom. The minimum absolute atomic E-state index is 0.0829. The fourth-order valence-corrected chi connectivity index (χ4v) is 3.41. The van der Waals surface area contributed by atoms with E-state index in [2.05, 4.69) is 0 Å². The van der Waals surface area contributed by atoms with E-state index < -0.39 is 5.97 Å². The first-order valence-corrected chi connectivity index (χ1v) is 8.68. The minimum Gasteiger partial charge on any atom is -0.516 e. The molecule has 0 aliphatic carbocycles. The summed E-state index contributed by atoms with van der Waals surface area (Å²) in [6.07, 6.45) is 3.47. The molecule has 0 radical (unpaired) electrons. The summed E-state index contributed by atoms with van der Waals surface area (Å²) >= 11 is 0. The van der Waals surface area contributed by atoms with Gasteiger partial charge in [0, 0.05) is 22.4 Å². The van der Waals surface area contributed by atoms with Gasteiger partial charge in [0.25, 0.3) is 0 Å². The summed E-state index contributed by atoms with van der Waals surface area (Å²) in [6.45, 7) is 0. The summed E-state index contributed by atoms with van der Waals surface area (Å²) in [5, 5.41) is 19.9. The smallest absolute Gasteiger partial charge is 0.336 e. The Labute approximate surface area is 163 Å². The standard InChI is InChI=1S/C23H14O6/c24-11-3-6-16-19(26)10-9-18-21(14-4-1-2-5-15(14)23(27)28)17-8-7-13(25)12-20(17)29-22(16)18/h1-12,24H,(H,27,28). The van der Waals surface area contributed by atoms with E-state index in [-0.39, 0.29) is 32.8 Å². The van der Waals surface area contributed by atoms with Crippen molar-refractivity contribution in [2.75, 3.05) is 0 Å². The van der Waals surface area contributed by atoms with E-state index in [9.17, 15) is 19.5 Å². The number of aliphatic hydroxyl groups excluding tert-OH is 1. The second-order valence-electron chi connectivity index (χ2n) is 6.35. The number of benzene rings is 3. The molecule has 0 spiro atoms. The zero-order chi connectivity index (χ0) is 20.5. The van der Waals surface area contributed by atoms with Crippen LogP contribution < -0.4 is 16.1 Å². The van der Waals surface area contributed by atoms with Gasteiger partial charge in [-0.2, -0.15) is 0 Å². The fourth-order valence-electron chi connectivity index (χ4n) is 3.41. The molecule has 0 saturated carbocycles. The molecule has 4 rings (SSSR count). The SMILES string of the molecule is O=C(O)c1ccccc1-c1c2ccc(=O)cc2oc2c(=CC=CO)c(=O)ccc12. The van der Waals surface area contributed by atoms with E-state index in [1.807, 2.05) is 0 Å². The van der Waals surface area contributed by atoms with Gasteiger partial charge in [-0.25, -0.2) is 4.79 Å². The van der Waals surface area contributed by atoms with Crippen molar-refractivity contribution < 1.29 is 19.4 Å². The van der Waals surface area contributed by atoms with Gasteiger partial charge in [-0.3, -0.25) is 9.59 Å². The Kier molecular flexibility index (Phi) is 4.44. The van der Waals surface area contributed by atoms with Gasteiger partial charge in [0.1, 0.15) is 11.2 Å². The third kappa shape index (κ3) is 3.06. The molecule has 0 aliphatic heterocycles. The van der Waals surface area contributed by atoms with E-state index >= 15 is 0 Å². The normalized spacial score (nSPS) is 12.2. The Balaban J connectivity index is 2.31. The van der Waals surface area contributed by atoms with Crippen molar-refractivity contribution in [3.63, 3.8) is 0 Å². The summed E-state index contributed by atoms with van der Waals surface area (Å²) in [5.74, 6) is -1.10. The molecule has 0 bridgehead atoms. The molecular formula is C23H14O6. The van der Waals surface area contributed by atoms with Crippen LogP contribution in [0.3, 0.4) is 0 Å². The maximum absolute atomic E-state index is 12.4. The summed E-state index contributed by atoms with van der Waals surface area (Å²) in [7, 11) is 0. The third-order valence-electron chi connectivity index (χ3n) is 4.64. The molecule has 1 aromatic heterocycles. The molecule has 4 aromatic rings. The van der Waals surface area contributed by atoms with Crippen molar-refractivity contribution in [2.24, 2.45) is 0 Å². The second kappa shape index (κ2) is 7.09. The zero-order valence-corrected chi connectivity index (χ0v) is 15.0. The Morgan fingerprint density at radius 1 is 0.966 bits per heavy atom. The molecule has 0 atom stereocenters. The summed E-state index contributed by atoms with van der Waals surface area (Å²) in [4.78, 5) is 36.1. The van der Waals surface area contributed by atoms with Crippen LogP contribution in [0.25, 0.3) is 39.1 Å². The van der Waals surface area contributed by atoms with Crippen LogP contribution in [-0.2, 0) is 0 Å². The molecule has 6 heteroatoms. The number of carbonyl (C=O) groups is 1. The van der Waals surface area contributed by atoms with E-state index in [4.69, 9.17) is 9.52 Å². The van der Waals surface area contributed by atoms with Crippen molar-refractivity contribution in [2.45, 2.75) is 0 Å². The number of hydrogen-bond acceptors (Lipinski definition) is 5. The van der Waals surface area contributed by atoms with Crippen LogP contribution in [0.15, 0.2) is 80.9 Å². The van der Waals surface area contributed by atoms with Crippen molar-refractivity contribution in [1.82, 2.24) is 0 Å². The average molecular weight is 386 g/mol. The molecule has 3 aromatic carbocycles. The molecule has 1 heterocycles. The molecule has 0 amide bonds. The van der Waals surface area contributed by atoms with Crippen LogP contribution in [0.5, 0.6) is 0 Å². The molecule has 6 nitrogen and oxygen atoms in total. The maximum atomic E-state index is 12.4. The van der Waals surface area contributed by atoms with Crippen LogP contribution in [-0.4, -0.2) is 16.2 Å². The van der Waals surface area contributed by atoms with Gasteiger partial charge >= 0.3 is 5.97 Å². The third-order valence-corrected chi connectivity index (χ3v) is 4.64. The Hall–Kier alpha value is -4.19. The van der Waals surface area contributed by atoms with Crippen molar-refractivity contribution in [1.29, 1.82) is 0 Å². The first kappa shape index (κ1) is 18.2. The molecule has 0 unspecified atom stereocenters. The molecule has 142 valence electrons. The van der Waals surface area contributed by atoms with Gasteiger partial charge in [0.15, 0.2) is 10.9 Å². The lowest BCUT2D eigenvalue weighted by molar-refractivity contribution is 0.0697. The topological polar surface area (TPSA) is 105 Å². The highest BCUT2D eigenvalue weighted by Crippen LogP contribution is 2.36. The fraction of sp³-hybridized carbons (Fsp3) is 0. The van der Waals surface area contributed by atoms with Gasteiger partial charge in [-0.1, -0.05) is 18.2 Å². The quantitative estimate of drug-likeness (QED) is 0.414. The highest BCUT2D eigenvalue weighted by atomic mass is 16.4. The lowest BCUT2D eigenvalue weighted by Crippen LogP contribution is -2.23. The summed E-state index contributed by atoms with van der Waals surface area (Å²) in [6, 6.07) is 13.7.